The Morgan fingerprint density at radius 3 is 2.83 bits per heavy atom. The summed E-state index contributed by atoms with van der Waals surface area (Å²) < 4.78 is 48.8. The first-order valence-electron chi connectivity index (χ1n) is 7.49. The SMILES string of the molecule is CC1(c2cc([N+](=O)[O-])ccc2F)N=C(N)OC2CCCC(F)(F)C21. The summed E-state index contributed by atoms with van der Waals surface area (Å²) in [7, 11) is 0. The van der Waals surface area contributed by atoms with E-state index in [1.54, 1.807) is 0 Å². The number of aliphatic imine (C=N–C) groups is 1. The molecule has 1 aromatic carbocycles. The fraction of sp³-hybridized carbons (Fsp3) is 0.533. The zero-order valence-corrected chi connectivity index (χ0v) is 12.8. The van der Waals surface area contributed by atoms with Gasteiger partial charge in [-0.2, -0.15) is 0 Å². The Bertz CT molecular complexity index is 725. The Labute approximate surface area is 135 Å². The molecule has 0 amide bonds. The zero-order chi connectivity index (χ0) is 17.7. The summed E-state index contributed by atoms with van der Waals surface area (Å²) in [6.07, 6.45) is -0.716. The molecule has 1 saturated carbocycles. The predicted octanol–water partition coefficient (Wildman–Crippen LogP) is 3.10. The second-order valence-electron chi connectivity index (χ2n) is 6.31. The molecular weight excluding hydrogens is 327 g/mol. The van der Waals surface area contributed by atoms with Crippen molar-refractivity contribution >= 4 is 11.7 Å². The number of nitro groups is 1. The maximum absolute atomic E-state index is 14.6. The molecule has 1 heterocycles. The van der Waals surface area contributed by atoms with Crippen LogP contribution in [0, 0.1) is 21.8 Å². The van der Waals surface area contributed by atoms with Crippen molar-refractivity contribution in [3.63, 3.8) is 0 Å². The van der Waals surface area contributed by atoms with Gasteiger partial charge in [-0.3, -0.25) is 10.1 Å². The fourth-order valence-electron chi connectivity index (χ4n) is 3.76. The van der Waals surface area contributed by atoms with Crippen LogP contribution in [-0.4, -0.2) is 23.0 Å². The number of benzene rings is 1. The molecule has 1 aromatic rings. The Kier molecular flexibility index (Phi) is 3.69. The van der Waals surface area contributed by atoms with E-state index >= 15 is 0 Å². The summed E-state index contributed by atoms with van der Waals surface area (Å²) in [6, 6.07) is 2.49. The Hall–Kier alpha value is -2.32. The maximum atomic E-state index is 14.6. The molecule has 3 rings (SSSR count). The Balaban J connectivity index is 2.20. The van der Waals surface area contributed by atoms with Gasteiger partial charge in [0.2, 0.25) is 0 Å². The predicted molar refractivity (Wildman–Crippen MR) is 79.2 cm³/mol. The van der Waals surface area contributed by atoms with Crippen LogP contribution in [0.3, 0.4) is 0 Å². The standard InChI is InChI=1S/C15H16F3N3O3/c1-14(9-7-8(21(22)23)4-5-10(9)16)12-11(24-13(19)20-14)3-2-6-15(12,17)18/h4-5,7,11-12H,2-3,6H2,1H3,(H2,19,20). The molecular formula is C15H16F3N3O3. The number of rotatable bonds is 2. The van der Waals surface area contributed by atoms with Gasteiger partial charge in [-0.25, -0.2) is 18.2 Å². The van der Waals surface area contributed by atoms with Crippen molar-refractivity contribution in [2.24, 2.45) is 16.6 Å². The molecule has 0 bridgehead atoms. The van der Waals surface area contributed by atoms with Gasteiger partial charge in [-0.15, -0.1) is 0 Å². The lowest BCUT2D eigenvalue weighted by molar-refractivity contribution is -0.385. The normalized spacial score (nSPS) is 31.6. The molecule has 6 nitrogen and oxygen atoms in total. The summed E-state index contributed by atoms with van der Waals surface area (Å²) in [5.74, 6) is -5.46. The van der Waals surface area contributed by atoms with E-state index in [1.807, 2.05) is 0 Å². The highest BCUT2D eigenvalue weighted by atomic mass is 19.3. The van der Waals surface area contributed by atoms with E-state index in [1.165, 1.54) is 6.92 Å². The molecule has 3 unspecified atom stereocenters. The molecule has 0 saturated heterocycles. The first kappa shape index (κ1) is 16.5. The molecule has 1 fully saturated rings. The maximum Gasteiger partial charge on any atom is 0.283 e. The number of hydrogen-bond donors (Lipinski definition) is 1. The fourth-order valence-corrected chi connectivity index (χ4v) is 3.76. The molecule has 130 valence electrons. The lowest BCUT2D eigenvalue weighted by atomic mass is 9.68. The van der Waals surface area contributed by atoms with Crippen molar-refractivity contribution in [2.45, 2.75) is 43.8 Å². The number of nitro benzene ring substituents is 1. The van der Waals surface area contributed by atoms with Gasteiger partial charge in [0, 0.05) is 24.1 Å². The van der Waals surface area contributed by atoms with Crippen molar-refractivity contribution in [1.82, 2.24) is 0 Å². The highest BCUT2D eigenvalue weighted by Gasteiger charge is 2.60. The van der Waals surface area contributed by atoms with Crippen LogP contribution in [0.4, 0.5) is 18.9 Å². The van der Waals surface area contributed by atoms with Gasteiger partial charge in [0.05, 0.1) is 10.8 Å². The molecule has 3 atom stereocenters. The minimum atomic E-state index is -3.15. The topological polar surface area (TPSA) is 90.8 Å². The number of fused-ring (bicyclic) bond motifs is 1. The van der Waals surface area contributed by atoms with Gasteiger partial charge < -0.3 is 10.5 Å². The molecule has 2 N–H and O–H groups in total. The summed E-state index contributed by atoms with van der Waals surface area (Å²) in [4.78, 5) is 14.2. The number of alkyl halides is 2. The van der Waals surface area contributed by atoms with Crippen LogP contribution in [-0.2, 0) is 10.3 Å². The van der Waals surface area contributed by atoms with Gasteiger partial charge in [-0.05, 0) is 25.8 Å². The second-order valence-corrected chi connectivity index (χ2v) is 6.31. The number of hydrogen-bond acceptors (Lipinski definition) is 5. The van der Waals surface area contributed by atoms with Crippen LogP contribution in [0.15, 0.2) is 23.2 Å². The monoisotopic (exact) mass is 343 g/mol. The largest absolute Gasteiger partial charge is 0.461 e. The zero-order valence-electron chi connectivity index (χ0n) is 12.8. The highest BCUT2D eigenvalue weighted by molar-refractivity contribution is 5.73. The van der Waals surface area contributed by atoms with Crippen LogP contribution >= 0.6 is 0 Å². The lowest BCUT2D eigenvalue weighted by Crippen LogP contribution is -2.57. The van der Waals surface area contributed by atoms with Crippen molar-refractivity contribution in [3.8, 4) is 0 Å². The third-order valence-corrected chi connectivity index (χ3v) is 4.75. The minimum Gasteiger partial charge on any atom is -0.461 e. The van der Waals surface area contributed by atoms with Crippen LogP contribution in [0.25, 0.3) is 0 Å². The lowest BCUT2D eigenvalue weighted by Gasteiger charge is -2.48. The van der Waals surface area contributed by atoms with Gasteiger partial charge in [0.25, 0.3) is 17.6 Å². The highest BCUT2D eigenvalue weighted by Crippen LogP contribution is 2.53. The third-order valence-electron chi connectivity index (χ3n) is 4.75. The van der Waals surface area contributed by atoms with Crippen molar-refractivity contribution < 1.29 is 22.8 Å². The Morgan fingerprint density at radius 2 is 2.17 bits per heavy atom. The van der Waals surface area contributed by atoms with E-state index in [2.05, 4.69) is 4.99 Å². The van der Waals surface area contributed by atoms with Gasteiger partial charge in [0.15, 0.2) is 0 Å². The van der Waals surface area contributed by atoms with Crippen molar-refractivity contribution in [2.75, 3.05) is 0 Å². The van der Waals surface area contributed by atoms with Crippen molar-refractivity contribution in [3.05, 3.63) is 39.7 Å². The van der Waals surface area contributed by atoms with E-state index in [-0.39, 0.29) is 24.4 Å². The van der Waals surface area contributed by atoms with E-state index in [0.717, 1.165) is 18.2 Å². The molecule has 2 aliphatic rings. The summed E-state index contributed by atoms with van der Waals surface area (Å²) in [5, 5.41) is 11.0. The van der Waals surface area contributed by atoms with E-state index in [0.29, 0.717) is 6.42 Å². The van der Waals surface area contributed by atoms with E-state index in [9.17, 15) is 23.3 Å². The van der Waals surface area contributed by atoms with Gasteiger partial charge in [0.1, 0.15) is 17.5 Å². The van der Waals surface area contributed by atoms with Gasteiger partial charge in [-0.1, -0.05) is 0 Å². The molecule has 0 radical (unpaired) electrons. The molecule has 9 heteroatoms. The number of non-ortho nitro benzene ring substituents is 1. The van der Waals surface area contributed by atoms with E-state index in [4.69, 9.17) is 10.5 Å². The molecule has 0 spiro atoms. The summed E-state index contributed by atoms with van der Waals surface area (Å²) >= 11 is 0. The van der Waals surface area contributed by atoms with Crippen LogP contribution in [0.2, 0.25) is 0 Å². The average molecular weight is 343 g/mol. The first-order chi connectivity index (χ1) is 11.1. The minimum absolute atomic E-state index is 0.245. The van der Waals surface area contributed by atoms with Crippen LogP contribution in [0.1, 0.15) is 31.7 Å². The number of ether oxygens (including phenoxy) is 1. The third kappa shape index (κ3) is 2.47. The number of nitrogens with two attached hydrogens (primary N) is 1. The molecule has 1 aliphatic heterocycles. The molecule has 1 aliphatic carbocycles. The van der Waals surface area contributed by atoms with Gasteiger partial charge >= 0.3 is 0 Å². The second kappa shape index (κ2) is 5.35. The van der Waals surface area contributed by atoms with Crippen LogP contribution in [0.5, 0.6) is 0 Å². The molecule has 24 heavy (non-hydrogen) atoms. The summed E-state index contributed by atoms with van der Waals surface area (Å²) in [5.41, 5.74) is 3.18. The number of nitrogens with zero attached hydrogens (tertiary/aromatic N) is 2. The summed E-state index contributed by atoms with van der Waals surface area (Å²) in [6.45, 7) is 1.32. The van der Waals surface area contributed by atoms with E-state index < -0.39 is 39.9 Å². The number of amidine groups is 1. The Morgan fingerprint density at radius 1 is 1.46 bits per heavy atom. The molecule has 0 aromatic heterocycles. The first-order valence-corrected chi connectivity index (χ1v) is 7.49. The van der Waals surface area contributed by atoms with Crippen molar-refractivity contribution in [1.29, 1.82) is 0 Å². The quantitative estimate of drug-likeness (QED) is 0.660. The number of halogens is 3. The average Bonchev–Trinajstić information content (AvgIpc) is 2.45. The van der Waals surface area contributed by atoms with Crippen LogP contribution < -0.4 is 5.73 Å². The smallest absolute Gasteiger partial charge is 0.283 e.